The third-order valence-electron chi connectivity index (χ3n) is 5.60. The molecule has 32 heavy (non-hydrogen) atoms. The average Bonchev–Trinajstić information content (AvgIpc) is 3.40. The van der Waals surface area contributed by atoms with Crippen LogP contribution in [0.2, 0.25) is 0 Å². The molecule has 0 saturated carbocycles. The molecule has 2 aromatic carbocycles. The van der Waals surface area contributed by atoms with Crippen LogP contribution in [0, 0.1) is 0 Å². The Morgan fingerprint density at radius 2 is 1.72 bits per heavy atom. The second-order valence-corrected chi connectivity index (χ2v) is 8.43. The number of benzene rings is 2. The zero-order chi connectivity index (χ0) is 22.3. The molecule has 2 aromatic heterocycles. The number of carbonyl (C=O) groups is 1. The molecule has 1 amide bonds. The molecule has 0 aliphatic carbocycles. The van der Waals surface area contributed by atoms with Gasteiger partial charge in [0.15, 0.2) is 4.96 Å². The molecule has 3 heterocycles. The van der Waals surface area contributed by atoms with Crippen molar-refractivity contribution in [2.75, 3.05) is 31.1 Å². The van der Waals surface area contributed by atoms with Gasteiger partial charge in [0.1, 0.15) is 5.69 Å². The first-order chi connectivity index (χ1) is 15.4. The number of imidazole rings is 1. The number of hydrogen-bond donors (Lipinski definition) is 0. The monoisotopic (exact) mass is 456 g/mol. The van der Waals surface area contributed by atoms with E-state index in [1.165, 1.54) is 17.4 Å². The number of aromatic nitrogens is 2. The van der Waals surface area contributed by atoms with Crippen molar-refractivity contribution in [3.05, 3.63) is 77.4 Å². The topological polar surface area (TPSA) is 40.9 Å². The first kappa shape index (κ1) is 20.6. The smallest absolute Gasteiger partial charge is 0.368 e. The van der Waals surface area contributed by atoms with E-state index in [1.54, 1.807) is 16.3 Å². The van der Waals surface area contributed by atoms with Crippen LogP contribution < -0.4 is 4.90 Å². The number of rotatable bonds is 3. The minimum Gasteiger partial charge on any atom is -0.368 e. The van der Waals surface area contributed by atoms with Crippen molar-refractivity contribution in [2.24, 2.45) is 0 Å². The number of alkyl halides is 3. The largest absolute Gasteiger partial charge is 0.416 e. The number of thiazole rings is 1. The number of piperazine rings is 1. The standard InChI is InChI=1S/C23H19F3N4OS/c24-23(25,26)17-7-4-8-18(13-17)28-9-11-29(12-10-28)21(31)20-15-32-22-27-19(14-30(20)22)16-5-2-1-3-6-16/h1-8,13-15H,9-12H2. The van der Waals surface area contributed by atoms with Gasteiger partial charge < -0.3 is 9.80 Å². The summed E-state index contributed by atoms with van der Waals surface area (Å²) in [6, 6.07) is 15.1. The fourth-order valence-electron chi connectivity index (χ4n) is 3.89. The summed E-state index contributed by atoms with van der Waals surface area (Å²) >= 11 is 1.41. The number of fused-ring (bicyclic) bond motifs is 1. The van der Waals surface area contributed by atoms with Gasteiger partial charge >= 0.3 is 6.18 Å². The van der Waals surface area contributed by atoms with Crippen LogP contribution in [-0.4, -0.2) is 46.4 Å². The molecule has 1 saturated heterocycles. The first-order valence-electron chi connectivity index (χ1n) is 10.1. The van der Waals surface area contributed by atoms with Crippen molar-refractivity contribution in [3.8, 4) is 11.3 Å². The summed E-state index contributed by atoms with van der Waals surface area (Å²) in [4.78, 5) is 22.2. The molecular weight excluding hydrogens is 437 g/mol. The van der Waals surface area contributed by atoms with E-state index in [-0.39, 0.29) is 5.91 Å². The van der Waals surface area contributed by atoms with Crippen molar-refractivity contribution in [3.63, 3.8) is 0 Å². The maximum atomic E-state index is 13.2. The number of hydrogen-bond acceptors (Lipinski definition) is 4. The van der Waals surface area contributed by atoms with Gasteiger partial charge in [0.25, 0.3) is 5.91 Å². The van der Waals surface area contributed by atoms with Crippen LogP contribution in [0.15, 0.2) is 66.2 Å². The molecule has 5 nitrogen and oxygen atoms in total. The molecule has 4 aromatic rings. The predicted molar refractivity (Wildman–Crippen MR) is 118 cm³/mol. The van der Waals surface area contributed by atoms with E-state index >= 15 is 0 Å². The van der Waals surface area contributed by atoms with Gasteiger partial charge in [-0.15, -0.1) is 11.3 Å². The first-order valence-corrected chi connectivity index (χ1v) is 11.0. The van der Waals surface area contributed by atoms with E-state index in [9.17, 15) is 18.0 Å². The van der Waals surface area contributed by atoms with E-state index in [2.05, 4.69) is 4.98 Å². The van der Waals surface area contributed by atoms with Gasteiger partial charge in [-0.05, 0) is 18.2 Å². The van der Waals surface area contributed by atoms with Crippen molar-refractivity contribution in [2.45, 2.75) is 6.18 Å². The van der Waals surface area contributed by atoms with Crippen molar-refractivity contribution < 1.29 is 18.0 Å². The fourth-order valence-corrected chi connectivity index (χ4v) is 4.74. The molecule has 1 fully saturated rings. The number of carbonyl (C=O) groups excluding carboxylic acids is 1. The quantitative estimate of drug-likeness (QED) is 0.434. The third kappa shape index (κ3) is 3.84. The van der Waals surface area contributed by atoms with Gasteiger partial charge in [0.05, 0.1) is 11.3 Å². The maximum absolute atomic E-state index is 13.2. The molecule has 0 atom stereocenters. The molecule has 0 bridgehead atoms. The van der Waals surface area contributed by atoms with Gasteiger partial charge in [0, 0.05) is 49.0 Å². The highest BCUT2D eigenvalue weighted by molar-refractivity contribution is 7.15. The van der Waals surface area contributed by atoms with Gasteiger partial charge in [-0.2, -0.15) is 13.2 Å². The summed E-state index contributed by atoms with van der Waals surface area (Å²) in [6.07, 6.45) is -2.51. The summed E-state index contributed by atoms with van der Waals surface area (Å²) in [5.41, 5.74) is 2.19. The Hall–Kier alpha value is -3.33. The number of nitrogens with zero attached hydrogens (tertiary/aromatic N) is 4. The Bertz CT molecular complexity index is 1260. The summed E-state index contributed by atoms with van der Waals surface area (Å²) in [6.45, 7) is 1.82. The molecule has 164 valence electrons. The lowest BCUT2D eigenvalue weighted by Crippen LogP contribution is -2.49. The summed E-state index contributed by atoms with van der Waals surface area (Å²) < 4.78 is 40.9. The van der Waals surface area contributed by atoms with E-state index in [0.717, 1.165) is 28.4 Å². The van der Waals surface area contributed by atoms with E-state index in [4.69, 9.17) is 0 Å². The lowest BCUT2D eigenvalue weighted by Gasteiger charge is -2.36. The average molecular weight is 456 g/mol. The Labute approximate surface area is 186 Å². The van der Waals surface area contributed by atoms with Gasteiger partial charge in [0.2, 0.25) is 0 Å². The highest BCUT2D eigenvalue weighted by atomic mass is 32.1. The number of anilines is 1. The fraction of sp³-hybridized carbons (Fsp3) is 0.217. The molecule has 0 unspecified atom stereocenters. The molecule has 0 radical (unpaired) electrons. The minimum absolute atomic E-state index is 0.100. The number of amides is 1. The normalized spacial score (nSPS) is 14.8. The Balaban J connectivity index is 1.31. The highest BCUT2D eigenvalue weighted by Crippen LogP contribution is 2.32. The van der Waals surface area contributed by atoms with Crippen LogP contribution in [0.4, 0.5) is 18.9 Å². The lowest BCUT2D eigenvalue weighted by atomic mass is 10.1. The second-order valence-electron chi connectivity index (χ2n) is 7.59. The molecule has 5 rings (SSSR count). The van der Waals surface area contributed by atoms with Gasteiger partial charge in [-0.3, -0.25) is 9.20 Å². The molecule has 1 aliphatic rings. The van der Waals surface area contributed by atoms with E-state index in [1.807, 2.05) is 45.8 Å². The zero-order valence-electron chi connectivity index (χ0n) is 16.9. The van der Waals surface area contributed by atoms with Crippen LogP contribution in [0.3, 0.4) is 0 Å². The Kier molecular flexibility index (Phi) is 5.13. The van der Waals surface area contributed by atoms with Crippen LogP contribution in [0.25, 0.3) is 16.2 Å². The predicted octanol–water partition coefficient (Wildman–Crippen LogP) is 5.04. The van der Waals surface area contributed by atoms with Gasteiger partial charge in [-0.1, -0.05) is 36.4 Å². The SMILES string of the molecule is O=C(c1csc2nc(-c3ccccc3)cn12)N1CCN(c2cccc(C(F)(F)F)c2)CC1. The lowest BCUT2D eigenvalue weighted by molar-refractivity contribution is -0.137. The van der Waals surface area contributed by atoms with Gasteiger partial charge in [-0.25, -0.2) is 4.98 Å². The molecule has 9 heteroatoms. The molecule has 1 aliphatic heterocycles. The third-order valence-corrected chi connectivity index (χ3v) is 6.44. The number of halogens is 3. The van der Waals surface area contributed by atoms with Crippen molar-refractivity contribution in [1.82, 2.24) is 14.3 Å². The Morgan fingerprint density at radius 1 is 0.969 bits per heavy atom. The van der Waals surface area contributed by atoms with Crippen LogP contribution in [0.1, 0.15) is 16.1 Å². The summed E-state index contributed by atoms with van der Waals surface area (Å²) in [5, 5.41) is 1.80. The van der Waals surface area contributed by atoms with Crippen LogP contribution in [0.5, 0.6) is 0 Å². The Morgan fingerprint density at radius 3 is 2.44 bits per heavy atom. The van der Waals surface area contributed by atoms with Crippen LogP contribution in [-0.2, 0) is 6.18 Å². The van der Waals surface area contributed by atoms with E-state index < -0.39 is 11.7 Å². The van der Waals surface area contributed by atoms with Crippen molar-refractivity contribution >= 4 is 27.9 Å². The molecular formula is C23H19F3N4OS. The van der Waals surface area contributed by atoms with Crippen molar-refractivity contribution in [1.29, 1.82) is 0 Å². The molecule has 0 spiro atoms. The zero-order valence-corrected chi connectivity index (χ0v) is 17.7. The minimum atomic E-state index is -4.37. The maximum Gasteiger partial charge on any atom is 0.416 e. The second kappa shape index (κ2) is 7.98. The summed E-state index contributed by atoms with van der Waals surface area (Å²) in [5.74, 6) is -0.100. The van der Waals surface area contributed by atoms with Crippen LogP contribution >= 0.6 is 11.3 Å². The highest BCUT2D eigenvalue weighted by Gasteiger charge is 2.31. The van der Waals surface area contributed by atoms with E-state index in [0.29, 0.717) is 37.6 Å². The summed E-state index contributed by atoms with van der Waals surface area (Å²) in [7, 11) is 0. The molecule has 0 N–H and O–H groups in total.